The van der Waals surface area contributed by atoms with Crippen LogP contribution in [0.4, 0.5) is 0 Å². The van der Waals surface area contributed by atoms with E-state index < -0.39 is 0 Å². The van der Waals surface area contributed by atoms with Crippen LogP contribution in [0.15, 0.2) is 5.10 Å². The molecule has 0 heterocycles. The summed E-state index contributed by atoms with van der Waals surface area (Å²) in [7, 11) is 0. The lowest BCUT2D eigenvalue weighted by Gasteiger charge is -2.25. The first-order chi connectivity index (χ1) is 10.2. The number of carbonyl (C=O) groups is 2. The van der Waals surface area contributed by atoms with Crippen molar-refractivity contribution in [2.24, 2.45) is 22.9 Å². The van der Waals surface area contributed by atoms with Crippen LogP contribution in [0.1, 0.15) is 57.8 Å². The van der Waals surface area contributed by atoms with Gasteiger partial charge in [0.1, 0.15) is 0 Å². The smallest absolute Gasteiger partial charge is 0.246 e. The number of amides is 2. The Morgan fingerprint density at radius 1 is 0.905 bits per heavy atom. The molecule has 2 amide bonds. The summed E-state index contributed by atoms with van der Waals surface area (Å²) in [4.78, 5) is 23.3. The Morgan fingerprint density at radius 3 is 2.05 bits per heavy atom. The number of hydrogen-bond acceptors (Lipinski definition) is 4. The number of nitrogens with zero attached hydrogens (tertiary/aromatic N) is 1. The molecule has 0 atom stereocenters. The maximum absolute atomic E-state index is 12.0. The number of hydrogen-bond donors (Lipinski definition) is 3. The molecule has 0 aliphatic heterocycles. The van der Waals surface area contributed by atoms with Gasteiger partial charge in [0.05, 0.1) is 0 Å². The van der Waals surface area contributed by atoms with Crippen molar-refractivity contribution in [3.8, 4) is 0 Å². The van der Waals surface area contributed by atoms with E-state index in [1.807, 2.05) is 6.21 Å². The van der Waals surface area contributed by atoms with Gasteiger partial charge in [0, 0.05) is 18.1 Å². The van der Waals surface area contributed by atoms with E-state index in [9.17, 15) is 9.59 Å². The lowest BCUT2D eigenvalue weighted by atomic mass is 9.81. The van der Waals surface area contributed by atoms with Gasteiger partial charge in [-0.25, -0.2) is 10.9 Å². The topological polar surface area (TPSA) is 90.8 Å². The maximum atomic E-state index is 12.0. The van der Waals surface area contributed by atoms with Crippen LogP contribution in [0.2, 0.25) is 0 Å². The predicted octanol–water partition coefficient (Wildman–Crippen LogP) is 1.98. The summed E-state index contributed by atoms with van der Waals surface area (Å²) >= 11 is 0. The molecule has 0 aromatic carbocycles. The second-order valence-corrected chi connectivity index (χ2v) is 6.18. The van der Waals surface area contributed by atoms with Crippen molar-refractivity contribution in [3.63, 3.8) is 0 Å². The molecule has 0 spiro atoms. The summed E-state index contributed by atoms with van der Waals surface area (Å²) < 4.78 is 0. The number of rotatable bonds is 4. The van der Waals surface area contributed by atoms with Gasteiger partial charge < -0.3 is 0 Å². The molecule has 0 bridgehead atoms. The fourth-order valence-electron chi connectivity index (χ4n) is 3.29. The summed E-state index contributed by atoms with van der Waals surface area (Å²) in [5.41, 5.74) is 4.32. The van der Waals surface area contributed by atoms with Gasteiger partial charge in [-0.3, -0.25) is 14.8 Å². The van der Waals surface area contributed by atoms with Crippen LogP contribution in [0.3, 0.4) is 0 Å². The third kappa shape index (κ3) is 4.81. The zero-order valence-electron chi connectivity index (χ0n) is 12.4. The summed E-state index contributed by atoms with van der Waals surface area (Å²) in [6.07, 6.45) is 10.6. The highest BCUT2D eigenvalue weighted by molar-refractivity contribution is 5.81. The molecular formula is C15H25N3O3. The summed E-state index contributed by atoms with van der Waals surface area (Å²) in [5, 5.41) is 12.7. The average Bonchev–Trinajstić information content (AvgIpc) is 2.55. The molecule has 6 nitrogen and oxygen atoms in total. The molecule has 21 heavy (non-hydrogen) atoms. The standard InChI is InChI=1S/C15H25N3O3/c19-14(17-16-10-11-4-2-1-3-5-11)12-6-8-13(9-7-12)15(20)18-21/h10-13,21H,1-9H2,(H,17,19)(H,18,20)/b16-10+. The Hall–Kier alpha value is -1.43. The second-order valence-electron chi connectivity index (χ2n) is 6.18. The first-order valence-electron chi connectivity index (χ1n) is 7.97. The molecule has 0 radical (unpaired) electrons. The van der Waals surface area contributed by atoms with Gasteiger partial charge in [0.25, 0.3) is 0 Å². The molecule has 2 saturated carbocycles. The summed E-state index contributed by atoms with van der Waals surface area (Å²) in [6.45, 7) is 0. The van der Waals surface area contributed by atoms with E-state index in [4.69, 9.17) is 5.21 Å². The minimum Gasteiger partial charge on any atom is -0.289 e. The van der Waals surface area contributed by atoms with Crippen LogP contribution in [-0.4, -0.2) is 23.2 Å². The fourth-order valence-corrected chi connectivity index (χ4v) is 3.29. The average molecular weight is 295 g/mol. The quantitative estimate of drug-likeness (QED) is 0.421. The monoisotopic (exact) mass is 295 g/mol. The third-order valence-electron chi connectivity index (χ3n) is 4.69. The van der Waals surface area contributed by atoms with E-state index in [-0.39, 0.29) is 23.7 Å². The molecule has 2 aliphatic rings. The highest BCUT2D eigenvalue weighted by Gasteiger charge is 2.29. The van der Waals surface area contributed by atoms with E-state index in [1.165, 1.54) is 32.1 Å². The number of hydrazone groups is 1. The normalized spacial score (nSPS) is 27.5. The van der Waals surface area contributed by atoms with E-state index >= 15 is 0 Å². The first kappa shape index (κ1) is 15.9. The molecule has 0 saturated heterocycles. The van der Waals surface area contributed by atoms with Gasteiger partial charge in [-0.05, 0) is 44.4 Å². The number of nitrogens with one attached hydrogen (secondary N) is 2. The molecule has 6 heteroatoms. The van der Waals surface area contributed by atoms with Crippen molar-refractivity contribution in [2.45, 2.75) is 57.8 Å². The predicted molar refractivity (Wildman–Crippen MR) is 78.6 cm³/mol. The minimum absolute atomic E-state index is 0.0510. The zero-order valence-corrected chi connectivity index (χ0v) is 12.4. The Labute approximate surface area is 125 Å². The van der Waals surface area contributed by atoms with E-state index in [0.717, 1.165) is 0 Å². The van der Waals surface area contributed by atoms with Crippen molar-refractivity contribution < 1.29 is 14.8 Å². The molecule has 3 N–H and O–H groups in total. The Kier molecular flexibility index (Phi) is 6.17. The number of carbonyl (C=O) groups excluding carboxylic acids is 2. The van der Waals surface area contributed by atoms with Gasteiger partial charge in [-0.15, -0.1) is 0 Å². The maximum Gasteiger partial charge on any atom is 0.246 e. The lowest BCUT2D eigenvalue weighted by molar-refractivity contribution is -0.136. The molecule has 0 aromatic heterocycles. The first-order valence-corrected chi connectivity index (χ1v) is 7.97. The second kappa shape index (κ2) is 8.12. The van der Waals surface area contributed by atoms with Crippen molar-refractivity contribution in [1.82, 2.24) is 10.9 Å². The molecule has 0 unspecified atom stereocenters. The fraction of sp³-hybridized carbons (Fsp3) is 0.800. The van der Waals surface area contributed by atoms with E-state index in [2.05, 4.69) is 10.5 Å². The molecule has 2 rings (SSSR count). The van der Waals surface area contributed by atoms with Crippen molar-refractivity contribution in [3.05, 3.63) is 0 Å². The Bertz CT molecular complexity index is 384. The van der Waals surface area contributed by atoms with Crippen LogP contribution < -0.4 is 10.9 Å². The van der Waals surface area contributed by atoms with Gasteiger partial charge in [-0.2, -0.15) is 5.10 Å². The molecule has 2 aliphatic carbocycles. The Morgan fingerprint density at radius 2 is 1.48 bits per heavy atom. The van der Waals surface area contributed by atoms with Crippen LogP contribution in [0.5, 0.6) is 0 Å². The molecular weight excluding hydrogens is 270 g/mol. The van der Waals surface area contributed by atoms with Gasteiger partial charge >= 0.3 is 0 Å². The highest BCUT2D eigenvalue weighted by Crippen LogP contribution is 2.29. The molecule has 2 fully saturated rings. The van der Waals surface area contributed by atoms with Crippen LogP contribution >= 0.6 is 0 Å². The zero-order chi connectivity index (χ0) is 15.1. The minimum atomic E-state index is -0.343. The van der Waals surface area contributed by atoms with Gasteiger partial charge in [0.15, 0.2) is 0 Å². The van der Waals surface area contributed by atoms with Gasteiger partial charge in [-0.1, -0.05) is 19.3 Å². The largest absolute Gasteiger partial charge is 0.289 e. The van der Waals surface area contributed by atoms with Crippen LogP contribution in [-0.2, 0) is 9.59 Å². The summed E-state index contributed by atoms with van der Waals surface area (Å²) in [6, 6.07) is 0. The Balaban J connectivity index is 1.69. The van der Waals surface area contributed by atoms with Gasteiger partial charge in [0.2, 0.25) is 11.8 Å². The highest BCUT2D eigenvalue weighted by atomic mass is 16.5. The number of hydroxylamine groups is 1. The molecule has 118 valence electrons. The third-order valence-corrected chi connectivity index (χ3v) is 4.69. The SMILES string of the molecule is O=C(NO)C1CCC(C(=O)N/N=C/C2CCCCC2)CC1. The van der Waals surface area contributed by atoms with Crippen molar-refractivity contribution in [2.75, 3.05) is 0 Å². The van der Waals surface area contributed by atoms with E-state index in [0.29, 0.717) is 31.6 Å². The van der Waals surface area contributed by atoms with Crippen LogP contribution in [0, 0.1) is 17.8 Å². The lowest BCUT2D eigenvalue weighted by Crippen LogP contribution is -2.35. The van der Waals surface area contributed by atoms with Crippen molar-refractivity contribution in [1.29, 1.82) is 0 Å². The molecule has 0 aromatic rings. The summed E-state index contributed by atoms with van der Waals surface area (Å²) in [5.74, 6) is -0.141. The van der Waals surface area contributed by atoms with Crippen molar-refractivity contribution >= 4 is 18.0 Å². The van der Waals surface area contributed by atoms with Crippen LogP contribution in [0.25, 0.3) is 0 Å². The van der Waals surface area contributed by atoms with E-state index in [1.54, 1.807) is 5.48 Å².